The lowest BCUT2D eigenvalue weighted by atomic mass is 9.93. The second-order valence-corrected chi connectivity index (χ2v) is 7.94. The van der Waals surface area contributed by atoms with E-state index in [2.05, 4.69) is 14.9 Å². The molecule has 0 fully saturated rings. The first-order valence-electron chi connectivity index (χ1n) is 10.7. The Hall–Kier alpha value is -3.93. The highest BCUT2D eigenvalue weighted by Crippen LogP contribution is 2.31. The molecule has 1 aliphatic rings. The minimum atomic E-state index is -0.352. The van der Waals surface area contributed by atoms with E-state index in [-0.39, 0.29) is 18.0 Å². The molecule has 4 aromatic rings. The number of carbonyl (C=O) groups excluding carboxylic acids is 2. The van der Waals surface area contributed by atoms with Crippen molar-refractivity contribution < 1.29 is 14.3 Å². The summed E-state index contributed by atoms with van der Waals surface area (Å²) < 4.78 is 7.70. The Morgan fingerprint density at radius 1 is 1.09 bits per heavy atom. The number of aryl methyl sites for hydroxylation is 1. The zero-order chi connectivity index (χ0) is 22.1. The van der Waals surface area contributed by atoms with Crippen LogP contribution in [0.5, 0.6) is 0 Å². The lowest BCUT2D eigenvalue weighted by Crippen LogP contribution is -2.28. The van der Waals surface area contributed by atoms with Gasteiger partial charge in [-0.1, -0.05) is 42.5 Å². The number of amides is 1. The van der Waals surface area contributed by atoms with Crippen LogP contribution in [0.2, 0.25) is 0 Å². The predicted octanol–water partition coefficient (Wildman–Crippen LogP) is 4.23. The lowest BCUT2D eigenvalue weighted by Gasteiger charge is -2.25. The second kappa shape index (κ2) is 8.30. The summed E-state index contributed by atoms with van der Waals surface area (Å²) >= 11 is 0. The normalized spacial score (nSPS) is 15.3. The van der Waals surface area contributed by atoms with Gasteiger partial charge in [0.1, 0.15) is 11.9 Å². The van der Waals surface area contributed by atoms with Crippen molar-refractivity contribution in [1.29, 1.82) is 0 Å². The monoisotopic (exact) mass is 425 g/mol. The number of esters is 1. The van der Waals surface area contributed by atoms with Crippen molar-refractivity contribution in [3.8, 4) is 0 Å². The summed E-state index contributed by atoms with van der Waals surface area (Å²) in [6.45, 7) is 3.07. The van der Waals surface area contributed by atoms with Crippen molar-refractivity contribution in [1.82, 2.24) is 14.9 Å². The summed E-state index contributed by atoms with van der Waals surface area (Å²) in [5.41, 5.74) is 4.85. The lowest BCUT2D eigenvalue weighted by molar-refractivity contribution is 0.0252. The molecule has 1 aliphatic heterocycles. The average molecular weight is 425 g/mol. The summed E-state index contributed by atoms with van der Waals surface area (Å²) in [5, 5.41) is 2.99. The Kier molecular flexibility index (Phi) is 5.19. The maximum Gasteiger partial charge on any atom is 0.339 e. The van der Waals surface area contributed by atoms with Gasteiger partial charge in [-0.15, -0.1) is 0 Å². The Balaban J connectivity index is 1.29. The van der Waals surface area contributed by atoms with Crippen LogP contribution in [0, 0.1) is 6.92 Å². The number of nitrogens with zero attached hydrogens (tertiary/aromatic N) is 2. The number of cyclic esters (lactones) is 1. The molecule has 6 heteroatoms. The molecular formula is C26H23N3O3. The molecule has 6 nitrogen and oxygen atoms in total. The number of aromatic nitrogens is 2. The Bertz CT molecular complexity index is 1310. The van der Waals surface area contributed by atoms with E-state index in [0.717, 1.165) is 28.0 Å². The second-order valence-electron chi connectivity index (χ2n) is 7.94. The third-order valence-corrected chi connectivity index (χ3v) is 5.88. The van der Waals surface area contributed by atoms with Crippen molar-refractivity contribution in [3.63, 3.8) is 0 Å². The minimum absolute atomic E-state index is 0.162. The first-order valence-corrected chi connectivity index (χ1v) is 10.7. The van der Waals surface area contributed by atoms with Crippen LogP contribution in [0.1, 0.15) is 43.8 Å². The molecule has 32 heavy (non-hydrogen) atoms. The topological polar surface area (TPSA) is 73.2 Å². The molecule has 1 aromatic heterocycles. The zero-order valence-electron chi connectivity index (χ0n) is 17.7. The number of nitrogens with one attached hydrogen (secondary N) is 1. The Labute approximate surface area is 185 Å². The van der Waals surface area contributed by atoms with Gasteiger partial charge in [0.05, 0.1) is 16.6 Å². The van der Waals surface area contributed by atoms with Gasteiger partial charge in [-0.3, -0.25) is 4.79 Å². The summed E-state index contributed by atoms with van der Waals surface area (Å²) in [5.74, 6) is 0.402. The number of benzene rings is 3. The van der Waals surface area contributed by atoms with Gasteiger partial charge in [-0.25, -0.2) is 9.78 Å². The van der Waals surface area contributed by atoms with Crippen LogP contribution in [0.25, 0.3) is 11.0 Å². The number of imidazole rings is 1. The highest BCUT2D eigenvalue weighted by atomic mass is 16.5. The summed E-state index contributed by atoms with van der Waals surface area (Å²) in [6, 6.07) is 22.8. The number of rotatable bonds is 5. The number of para-hydroxylation sites is 2. The molecule has 0 spiro atoms. The van der Waals surface area contributed by atoms with Crippen LogP contribution < -0.4 is 5.32 Å². The molecule has 1 amide bonds. The maximum absolute atomic E-state index is 12.8. The van der Waals surface area contributed by atoms with Gasteiger partial charge in [-0.2, -0.15) is 0 Å². The molecule has 3 aromatic carbocycles. The molecular weight excluding hydrogens is 402 g/mol. The summed E-state index contributed by atoms with van der Waals surface area (Å²) in [4.78, 5) is 29.8. The molecule has 1 N–H and O–H groups in total. The fourth-order valence-electron chi connectivity index (χ4n) is 4.25. The van der Waals surface area contributed by atoms with Crippen molar-refractivity contribution in [2.24, 2.45) is 0 Å². The van der Waals surface area contributed by atoms with Gasteiger partial charge in [-0.05, 0) is 48.4 Å². The maximum atomic E-state index is 12.8. The van der Waals surface area contributed by atoms with Crippen LogP contribution in [0.4, 0.5) is 0 Å². The molecule has 0 aliphatic carbocycles. The standard InChI is InChI=1S/C26H23N3O3/c1-17-28-22-9-5-6-10-23(22)29(17)14-13-27-25(30)19-11-12-21-20(15-19)16-24(32-26(21)31)18-7-3-2-4-8-18/h2-12,15,24H,13-14,16H2,1H3,(H,27,30)/t24-/m0/s1. The average Bonchev–Trinajstić information content (AvgIpc) is 3.14. The summed E-state index contributed by atoms with van der Waals surface area (Å²) in [7, 11) is 0. The van der Waals surface area contributed by atoms with Crippen LogP contribution in [-0.2, 0) is 17.7 Å². The van der Waals surface area contributed by atoms with Gasteiger partial charge in [0.25, 0.3) is 5.91 Å². The van der Waals surface area contributed by atoms with E-state index in [9.17, 15) is 9.59 Å². The van der Waals surface area contributed by atoms with Gasteiger partial charge in [0, 0.05) is 25.1 Å². The van der Waals surface area contributed by atoms with E-state index >= 15 is 0 Å². The number of hydrogen-bond acceptors (Lipinski definition) is 4. The SMILES string of the molecule is Cc1nc2ccccc2n1CCNC(=O)c1ccc2c(c1)C[C@@H](c1ccccc1)OC2=O. The highest BCUT2D eigenvalue weighted by molar-refractivity contribution is 5.97. The van der Waals surface area contributed by atoms with Gasteiger partial charge < -0.3 is 14.6 Å². The first-order chi connectivity index (χ1) is 15.6. The van der Waals surface area contributed by atoms with E-state index in [1.165, 1.54) is 0 Å². The van der Waals surface area contributed by atoms with E-state index in [1.807, 2.05) is 61.5 Å². The molecule has 0 bridgehead atoms. The van der Waals surface area contributed by atoms with E-state index < -0.39 is 0 Å². The smallest absolute Gasteiger partial charge is 0.339 e. The fraction of sp³-hybridized carbons (Fsp3) is 0.192. The number of ether oxygens (including phenoxy) is 1. The molecule has 2 heterocycles. The molecule has 0 saturated heterocycles. The van der Waals surface area contributed by atoms with Crippen LogP contribution in [0.15, 0.2) is 72.8 Å². The number of carbonyl (C=O) groups is 2. The number of fused-ring (bicyclic) bond motifs is 2. The Morgan fingerprint density at radius 2 is 1.88 bits per heavy atom. The molecule has 160 valence electrons. The van der Waals surface area contributed by atoms with Gasteiger partial charge >= 0.3 is 5.97 Å². The third kappa shape index (κ3) is 3.75. The van der Waals surface area contributed by atoms with Crippen molar-refractivity contribution >= 4 is 22.9 Å². The highest BCUT2D eigenvalue weighted by Gasteiger charge is 2.28. The third-order valence-electron chi connectivity index (χ3n) is 5.88. The Morgan fingerprint density at radius 3 is 2.72 bits per heavy atom. The molecule has 5 rings (SSSR count). The largest absolute Gasteiger partial charge is 0.454 e. The summed E-state index contributed by atoms with van der Waals surface area (Å²) in [6.07, 6.45) is 0.207. The van der Waals surface area contributed by atoms with Gasteiger partial charge in [0.2, 0.25) is 0 Å². The van der Waals surface area contributed by atoms with E-state index in [4.69, 9.17) is 4.74 Å². The fourth-order valence-corrected chi connectivity index (χ4v) is 4.25. The molecule has 0 saturated carbocycles. The molecule has 0 unspecified atom stereocenters. The number of hydrogen-bond donors (Lipinski definition) is 1. The van der Waals surface area contributed by atoms with Crippen LogP contribution in [0.3, 0.4) is 0 Å². The van der Waals surface area contributed by atoms with Gasteiger partial charge in [0.15, 0.2) is 0 Å². The van der Waals surface area contributed by atoms with Crippen LogP contribution in [-0.4, -0.2) is 28.0 Å². The quantitative estimate of drug-likeness (QED) is 0.486. The predicted molar refractivity (Wildman–Crippen MR) is 122 cm³/mol. The van der Waals surface area contributed by atoms with Crippen LogP contribution >= 0.6 is 0 Å². The van der Waals surface area contributed by atoms with Crippen molar-refractivity contribution in [2.45, 2.75) is 26.0 Å². The first kappa shape index (κ1) is 20.0. The van der Waals surface area contributed by atoms with E-state index in [0.29, 0.717) is 30.6 Å². The molecule has 0 radical (unpaired) electrons. The van der Waals surface area contributed by atoms with Crippen molar-refractivity contribution in [3.05, 3.63) is 101 Å². The molecule has 1 atom stereocenters. The minimum Gasteiger partial charge on any atom is -0.454 e. The zero-order valence-corrected chi connectivity index (χ0v) is 17.7. The van der Waals surface area contributed by atoms with E-state index in [1.54, 1.807) is 18.2 Å². The van der Waals surface area contributed by atoms with Crippen molar-refractivity contribution in [2.75, 3.05) is 6.54 Å².